The fourth-order valence-electron chi connectivity index (χ4n) is 2.57. The Bertz CT molecular complexity index is 481. The number of hydrogen-bond acceptors (Lipinski definition) is 6. The Labute approximate surface area is 137 Å². The van der Waals surface area contributed by atoms with E-state index in [1.807, 2.05) is 30.3 Å². The molecular weight excluding hydrogens is 300 g/mol. The number of methoxy groups -OCH3 is 2. The third-order valence-electron chi connectivity index (χ3n) is 4.34. The fourth-order valence-corrected chi connectivity index (χ4v) is 2.57. The summed E-state index contributed by atoms with van der Waals surface area (Å²) in [6.45, 7) is 4.01. The summed E-state index contributed by atoms with van der Waals surface area (Å²) in [5.41, 5.74) is 1.07. The first kappa shape index (κ1) is 18.3. The van der Waals surface area contributed by atoms with Crippen LogP contribution in [0.1, 0.15) is 19.4 Å². The first-order chi connectivity index (χ1) is 11.0. The topological polar surface area (TPSA) is 66.4 Å². The van der Waals surface area contributed by atoms with Crippen molar-refractivity contribution in [3.63, 3.8) is 0 Å². The molecule has 1 saturated heterocycles. The van der Waals surface area contributed by atoms with E-state index >= 15 is 0 Å². The summed E-state index contributed by atoms with van der Waals surface area (Å²) >= 11 is 0. The molecular formula is C17H26O6. The van der Waals surface area contributed by atoms with E-state index in [1.165, 1.54) is 14.2 Å². The molecule has 6 nitrogen and oxygen atoms in total. The Morgan fingerprint density at radius 2 is 1.57 bits per heavy atom. The zero-order chi connectivity index (χ0) is 16.9. The standard InChI is InChI=1S/C17H26O6/c1-16(19-3)17(2,20-4)23-15(14(10-18)22-16)12-21-11-13-8-6-5-7-9-13/h5-9,14-15,18H,10-12H2,1-4H3/t14-,15-,16+,17+/m0/s1. The predicted molar refractivity (Wildman–Crippen MR) is 83.8 cm³/mol. The van der Waals surface area contributed by atoms with Crippen molar-refractivity contribution in [3.8, 4) is 0 Å². The highest BCUT2D eigenvalue weighted by molar-refractivity contribution is 5.13. The smallest absolute Gasteiger partial charge is 0.220 e. The van der Waals surface area contributed by atoms with Crippen LogP contribution in [0.3, 0.4) is 0 Å². The van der Waals surface area contributed by atoms with Crippen LogP contribution in [-0.4, -0.2) is 56.3 Å². The average Bonchev–Trinajstić information content (AvgIpc) is 2.58. The number of ether oxygens (including phenoxy) is 5. The van der Waals surface area contributed by atoms with Crippen molar-refractivity contribution in [2.45, 2.75) is 44.2 Å². The molecule has 6 heteroatoms. The molecule has 130 valence electrons. The molecule has 1 N–H and O–H groups in total. The highest BCUT2D eigenvalue weighted by Gasteiger charge is 2.56. The van der Waals surface area contributed by atoms with Gasteiger partial charge in [-0.05, 0) is 19.4 Å². The lowest BCUT2D eigenvalue weighted by Gasteiger charge is -2.51. The third-order valence-corrected chi connectivity index (χ3v) is 4.34. The zero-order valence-corrected chi connectivity index (χ0v) is 14.2. The van der Waals surface area contributed by atoms with Gasteiger partial charge in [0.15, 0.2) is 0 Å². The van der Waals surface area contributed by atoms with Gasteiger partial charge in [0.1, 0.15) is 12.2 Å². The van der Waals surface area contributed by atoms with Crippen molar-refractivity contribution >= 4 is 0 Å². The van der Waals surface area contributed by atoms with E-state index in [1.54, 1.807) is 13.8 Å². The van der Waals surface area contributed by atoms with Gasteiger partial charge in [-0.15, -0.1) is 0 Å². The molecule has 0 unspecified atom stereocenters. The van der Waals surface area contributed by atoms with E-state index in [9.17, 15) is 5.11 Å². The van der Waals surface area contributed by atoms with Gasteiger partial charge in [-0.1, -0.05) is 30.3 Å². The van der Waals surface area contributed by atoms with Crippen LogP contribution >= 0.6 is 0 Å². The van der Waals surface area contributed by atoms with E-state index in [2.05, 4.69) is 0 Å². The summed E-state index contributed by atoms with van der Waals surface area (Å²) in [5.74, 6) is -2.22. The molecule has 0 aromatic heterocycles. The molecule has 0 amide bonds. The lowest BCUT2D eigenvalue weighted by atomic mass is 10.0. The van der Waals surface area contributed by atoms with E-state index < -0.39 is 23.8 Å². The van der Waals surface area contributed by atoms with Gasteiger partial charge >= 0.3 is 0 Å². The quantitative estimate of drug-likeness (QED) is 0.823. The van der Waals surface area contributed by atoms with Gasteiger partial charge in [-0.3, -0.25) is 0 Å². The maximum Gasteiger partial charge on any atom is 0.220 e. The molecule has 1 fully saturated rings. The molecule has 0 spiro atoms. The Kier molecular flexibility index (Phi) is 6.13. The minimum Gasteiger partial charge on any atom is -0.394 e. The molecule has 0 saturated carbocycles. The van der Waals surface area contributed by atoms with Crippen LogP contribution in [0.5, 0.6) is 0 Å². The van der Waals surface area contributed by atoms with Crippen LogP contribution in [-0.2, 0) is 30.3 Å². The van der Waals surface area contributed by atoms with Crippen molar-refractivity contribution < 1.29 is 28.8 Å². The molecule has 0 bridgehead atoms. The number of benzene rings is 1. The number of hydrogen-bond donors (Lipinski definition) is 1. The Balaban J connectivity index is 2.00. The van der Waals surface area contributed by atoms with Crippen LogP contribution < -0.4 is 0 Å². The summed E-state index contributed by atoms with van der Waals surface area (Å²) in [4.78, 5) is 0. The first-order valence-corrected chi connectivity index (χ1v) is 7.66. The summed E-state index contributed by atoms with van der Waals surface area (Å²) in [5, 5.41) is 9.59. The normalized spacial score (nSPS) is 34.5. The van der Waals surface area contributed by atoms with Crippen molar-refractivity contribution in [1.29, 1.82) is 0 Å². The van der Waals surface area contributed by atoms with E-state index in [4.69, 9.17) is 23.7 Å². The lowest BCUT2D eigenvalue weighted by molar-refractivity contribution is -0.452. The van der Waals surface area contributed by atoms with Gasteiger partial charge in [-0.2, -0.15) is 0 Å². The first-order valence-electron chi connectivity index (χ1n) is 7.66. The maximum atomic E-state index is 9.59. The monoisotopic (exact) mass is 326 g/mol. The highest BCUT2D eigenvalue weighted by atomic mass is 16.8. The zero-order valence-electron chi connectivity index (χ0n) is 14.2. The number of aliphatic hydroxyl groups excluding tert-OH is 1. The highest BCUT2D eigenvalue weighted by Crippen LogP contribution is 2.39. The lowest BCUT2D eigenvalue weighted by Crippen LogP contribution is -2.66. The average molecular weight is 326 g/mol. The van der Waals surface area contributed by atoms with Gasteiger partial charge in [-0.25, -0.2) is 0 Å². The van der Waals surface area contributed by atoms with Gasteiger partial charge in [0.25, 0.3) is 0 Å². The minimum atomic E-state index is -1.12. The van der Waals surface area contributed by atoms with Crippen LogP contribution in [0.15, 0.2) is 30.3 Å². The summed E-state index contributed by atoms with van der Waals surface area (Å²) in [6, 6.07) is 9.86. The van der Waals surface area contributed by atoms with Crippen LogP contribution in [0.4, 0.5) is 0 Å². The SMILES string of the molecule is CO[C@]1(C)O[C@@H](CO)[C@H](COCc2ccccc2)O[C@@]1(C)OC. The van der Waals surface area contributed by atoms with E-state index in [-0.39, 0.29) is 13.2 Å². The maximum absolute atomic E-state index is 9.59. The molecule has 1 aromatic carbocycles. The summed E-state index contributed by atoms with van der Waals surface area (Å²) < 4.78 is 28.5. The molecule has 1 aliphatic rings. The third kappa shape index (κ3) is 3.91. The Morgan fingerprint density at radius 1 is 1.00 bits per heavy atom. The van der Waals surface area contributed by atoms with Gasteiger partial charge in [0.2, 0.25) is 11.6 Å². The molecule has 1 aliphatic heterocycles. The van der Waals surface area contributed by atoms with E-state index in [0.29, 0.717) is 6.61 Å². The molecule has 0 radical (unpaired) electrons. The second-order valence-electron chi connectivity index (χ2n) is 5.80. The summed E-state index contributed by atoms with van der Waals surface area (Å²) in [6.07, 6.45) is -1.02. The number of aliphatic hydroxyl groups is 1. The second-order valence-corrected chi connectivity index (χ2v) is 5.80. The molecule has 23 heavy (non-hydrogen) atoms. The van der Waals surface area contributed by atoms with Gasteiger partial charge in [0.05, 0.1) is 19.8 Å². The molecule has 2 rings (SSSR count). The largest absolute Gasteiger partial charge is 0.394 e. The van der Waals surface area contributed by atoms with Crippen LogP contribution in [0.2, 0.25) is 0 Å². The minimum absolute atomic E-state index is 0.196. The van der Waals surface area contributed by atoms with Gasteiger partial charge in [0, 0.05) is 14.2 Å². The van der Waals surface area contributed by atoms with Crippen LogP contribution in [0, 0.1) is 0 Å². The van der Waals surface area contributed by atoms with Crippen molar-refractivity contribution in [1.82, 2.24) is 0 Å². The van der Waals surface area contributed by atoms with Crippen LogP contribution in [0.25, 0.3) is 0 Å². The molecule has 1 heterocycles. The predicted octanol–water partition coefficient (Wildman–Crippen LogP) is 1.70. The number of rotatable bonds is 7. The van der Waals surface area contributed by atoms with E-state index in [0.717, 1.165) is 5.56 Å². The second kappa shape index (κ2) is 7.70. The summed E-state index contributed by atoms with van der Waals surface area (Å²) in [7, 11) is 3.04. The molecule has 1 aromatic rings. The Hall–Kier alpha value is -1.02. The van der Waals surface area contributed by atoms with Crippen molar-refractivity contribution in [3.05, 3.63) is 35.9 Å². The fraction of sp³-hybridized carbons (Fsp3) is 0.647. The molecule has 0 aliphatic carbocycles. The van der Waals surface area contributed by atoms with Crippen molar-refractivity contribution in [2.75, 3.05) is 27.4 Å². The van der Waals surface area contributed by atoms with Gasteiger partial charge < -0.3 is 28.8 Å². The van der Waals surface area contributed by atoms with Crippen molar-refractivity contribution in [2.24, 2.45) is 0 Å². The Morgan fingerprint density at radius 3 is 2.09 bits per heavy atom. The molecule has 4 atom stereocenters.